The Hall–Kier alpha value is -4.12. The average Bonchev–Trinajstić information content (AvgIpc) is 3.26. The van der Waals surface area contributed by atoms with Crippen LogP contribution in [0.4, 0.5) is 4.79 Å². The normalized spacial score (nSPS) is 13.1. The van der Waals surface area contributed by atoms with E-state index in [4.69, 9.17) is 15.2 Å². The molecule has 2 amide bonds. The first-order valence-corrected chi connectivity index (χ1v) is 13.0. The number of nitrogens with two attached hydrogens (primary N) is 1. The molecule has 1 aromatic heterocycles. The second-order valence-corrected chi connectivity index (χ2v) is 9.44. The zero-order valence-corrected chi connectivity index (χ0v) is 22.8. The van der Waals surface area contributed by atoms with Crippen molar-refractivity contribution in [1.29, 1.82) is 0 Å². The number of carboxylic acids is 1. The van der Waals surface area contributed by atoms with Gasteiger partial charge in [0.25, 0.3) is 6.01 Å². The predicted molar refractivity (Wildman–Crippen MR) is 147 cm³/mol. The lowest BCUT2D eigenvalue weighted by Crippen LogP contribution is -2.39. The van der Waals surface area contributed by atoms with Crippen molar-refractivity contribution in [1.82, 2.24) is 19.4 Å². The summed E-state index contributed by atoms with van der Waals surface area (Å²) in [5.41, 5.74) is 7.96. The number of hydrogen-bond acceptors (Lipinski definition) is 7. The number of nitrogens with zero attached hydrogens (tertiary/aromatic N) is 4. The molecule has 0 radical (unpaired) electrons. The largest absolute Gasteiger partial charge is 0.478 e. The van der Waals surface area contributed by atoms with Gasteiger partial charge in [-0.3, -0.25) is 4.57 Å². The van der Waals surface area contributed by atoms with Crippen molar-refractivity contribution in [3.8, 4) is 6.01 Å². The van der Waals surface area contributed by atoms with Gasteiger partial charge in [-0.15, -0.1) is 0 Å². The Kier molecular flexibility index (Phi) is 10.7. The standard InChI is InChI=1S/C22H25N3O5.C6H12N2O/c1-4-29-22-23-18-10-9-17(20(26)27)13-19(18)25(22)14-15-5-7-16(8-6-15)21(28)30-12-11-24(2)3;7-6(9)8-4-2-1-3-5-8/h5-10,13H,4,11-12,14H2,1-3H3,(H,26,27);1-5H2,(H2,7,9). The number of esters is 1. The molecule has 2 aromatic carbocycles. The second-order valence-electron chi connectivity index (χ2n) is 9.44. The van der Waals surface area contributed by atoms with Gasteiger partial charge >= 0.3 is 18.0 Å². The van der Waals surface area contributed by atoms with Gasteiger partial charge in [-0.1, -0.05) is 12.1 Å². The molecular formula is C28H37N5O6. The molecule has 39 heavy (non-hydrogen) atoms. The summed E-state index contributed by atoms with van der Waals surface area (Å²) in [5.74, 6) is -1.36. The van der Waals surface area contributed by atoms with Crippen LogP contribution in [0.25, 0.3) is 11.0 Å². The Morgan fingerprint density at radius 1 is 1.03 bits per heavy atom. The summed E-state index contributed by atoms with van der Waals surface area (Å²) in [6.45, 7) is 5.43. The van der Waals surface area contributed by atoms with Crippen molar-refractivity contribution in [3.05, 3.63) is 59.2 Å². The first-order valence-electron chi connectivity index (χ1n) is 13.0. The predicted octanol–water partition coefficient (Wildman–Crippen LogP) is 3.45. The zero-order valence-electron chi connectivity index (χ0n) is 22.8. The topological polar surface area (TPSA) is 140 Å². The van der Waals surface area contributed by atoms with Gasteiger partial charge < -0.3 is 30.1 Å². The van der Waals surface area contributed by atoms with E-state index in [0.29, 0.717) is 48.9 Å². The minimum Gasteiger partial charge on any atom is -0.478 e. The number of aromatic carboxylic acids is 1. The molecule has 210 valence electrons. The van der Waals surface area contributed by atoms with E-state index in [-0.39, 0.29) is 17.6 Å². The first kappa shape index (κ1) is 29.4. The van der Waals surface area contributed by atoms with Gasteiger partial charge in [0, 0.05) is 19.6 Å². The van der Waals surface area contributed by atoms with Gasteiger partial charge in [-0.05, 0) is 76.2 Å². The van der Waals surface area contributed by atoms with Gasteiger partial charge in [0.2, 0.25) is 0 Å². The van der Waals surface area contributed by atoms with Crippen molar-refractivity contribution in [2.75, 3.05) is 46.9 Å². The number of carbonyl (C=O) groups excluding carboxylic acids is 2. The smallest absolute Gasteiger partial charge is 0.338 e. The van der Waals surface area contributed by atoms with E-state index in [9.17, 15) is 19.5 Å². The van der Waals surface area contributed by atoms with Gasteiger partial charge in [-0.2, -0.15) is 4.98 Å². The number of rotatable bonds is 9. The Morgan fingerprint density at radius 3 is 2.26 bits per heavy atom. The van der Waals surface area contributed by atoms with Crippen molar-refractivity contribution in [2.24, 2.45) is 5.73 Å². The highest BCUT2D eigenvalue weighted by atomic mass is 16.5. The first-order chi connectivity index (χ1) is 18.7. The molecule has 3 N–H and O–H groups in total. The molecule has 1 aliphatic rings. The van der Waals surface area contributed by atoms with Crippen LogP contribution in [0.15, 0.2) is 42.5 Å². The highest BCUT2D eigenvalue weighted by molar-refractivity contribution is 5.92. The highest BCUT2D eigenvalue weighted by Gasteiger charge is 2.16. The van der Waals surface area contributed by atoms with E-state index >= 15 is 0 Å². The third kappa shape index (κ3) is 8.44. The van der Waals surface area contributed by atoms with Gasteiger partial charge in [-0.25, -0.2) is 14.4 Å². The molecule has 0 saturated carbocycles. The highest BCUT2D eigenvalue weighted by Crippen LogP contribution is 2.24. The number of urea groups is 1. The number of ether oxygens (including phenoxy) is 2. The monoisotopic (exact) mass is 539 g/mol. The van der Waals surface area contributed by atoms with Crippen molar-refractivity contribution in [2.45, 2.75) is 32.7 Å². The van der Waals surface area contributed by atoms with E-state index < -0.39 is 5.97 Å². The van der Waals surface area contributed by atoms with Gasteiger partial charge in [0.1, 0.15) is 6.61 Å². The molecule has 0 aliphatic carbocycles. The minimum absolute atomic E-state index is 0.183. The number of piperidine rings is 1. The second kappa shape index (κ2) is 14.1. The van der Waals surface area contributed by atoms with Crippen LogP contribution < -0.4 is 10.5 Å². The quantitative estimate of drug-likeness (QED) is 0.394. The number of carboxylic acid groups (broad SMARTS) is 1. The summed E-state index contributed by atoms with van der Waals surface area (Å²) in [6, 6.07) is 12.0. The number of imidazole rings is 1. The molecule has 4 rings (SSSR count). The van der Waals surface area contributed by atoms with E-state index in [2.05, 4.69) is 4.98 Å². The van der Waals surface area contributed by atoms with E-state index in [1.807, 2.05) is 42.6 Å². The molecular weight excluding hydrogens is 502 g/mol. The summed E-state index contributed by atoms with van der Waals surface area (Å²) in [4.78, 5) is 42.1. The molecule has 0 unspecified atom stereocenters. The summed E-state index contributed by atoms with van der Waals surface area (Å²) in [6.07, 6.45) is 3.47. The number of primary amides is 1. The molecule has 0 spiro atoms. The number of likely N-dealkylation sites (N-methyl/N-ethyl adjacent to an activating group) is 1. The number of likely N-dealkylation sites (tertiary alicyclic amines) is 1. The molecule has 2 heterocycles. The van der Waals surface area contributed by atoms with E-state index in [1.165, 1.54) is 12.5 Å². The fourth-order valence-electron chi connectivity index (χ4n) is 4.07. The maximum absolute atomic E-state index is 12.1. The number of aromatic nitrogens is 2. The number of carbonyl (C=O) groups is 3. The Bertz CT molecular complexity index is 1270. The summed E-state index contributed by atoms with van der Waals surface area (Å²) in [5, 5.41) is 9.30. The number of amides is 2. The third-order valence-electron chi connectivity index (χ3n) is 6.20. The Morgan fingerprint density at radius 2 is 1.69 bits per heavy atom. The molecule has 3 aromatic rings. The maximum atomic E-state index is 12.1. The van der Waals surface area contributed by atoms with Gasteiger partial charge in [0.15, 0.2) is 0 Å². The fourth-order valence-corrected chi connectivity index (χ4v) is 4.07. The molecule has 1 aliphatic heterocycles. The van der Waals surface area contributed by atoms with Crippen LogP contribution in [-0.4, -0.2) is 89.4 Å². The molecule has 0 atom stereocenters. The molecule has 1 saturated heterocycles. The fraction of sp³-hybridized carbons (Fsp3) is 0.429. The third-order valence-corrected chi connectivity index (χ3v) is 6.20. The van der Waals surface area contributed by atoms with Crippen LogP contribution in [0, 0.1) is 0 Å². The van der Waals surface area contributed by atoms with Crippen molar-refractivity contribution in [3.63, 3.8) is 0 Å². The lowest BCUT2D eigenvalue weighted by molar-refractivity contribution is 0.0481. The summed E-state index contributed by atoms with van der Waals surface area (Å²) < 4.78 is 12.7. The molecule has 11 nitrogen and oxygen atoms in total. The van der Waals surface area contributed by atoms with Gasteiger partial charge in [0.05, 0.1) is 35.3 Å². The number of fused-ring (bicyclic) bond motifs is 1. The molecule has 1 fully saturated rings. The maximum Gasteiger partial charge on any atom is 0.338 e. The number of benzene rings is 2. The van der Waals surface area contributed by atoms with Crippen LogP contribution in [0.2, 0.25) is 0 Å². The van der Waals surface area contributed by atoms with Crippen molar-refractivity contribution < 1.29 is 29.0 Å². The van der Waals surface area contributed by atoms with Crippen LogP contribution in [0.3, 0.4) is 0 Å². The molecule has 11 heteroatoms. The van der Waals surface area contributed by atoms with Crippen LogP contribution in [0.5, 0.6) is 6.01 Å². The summed E-state index contributed by atoms with van der Waals surface area (Å²) >= 11 is 0. The number of hydrogen-bond donors (Lipinski definition) is 2. The Labute approximate surface area is 228 Å². The molecule has 0 bridgehead atoms. The van der Waals surface area contributed by atoms with Crippen LogP contribution >= 0.6 is 0 Å². The van der Waals surface area contributed by atoms with E-state index in [0.717, 1.165) is 31.5 Å². The van der Waals surface area contributed by atoms with Crippen LogP contribution in [-0.2, 0) is 11.3 Å². The lowest BCUT2D eigenvalue weighted by Gasteiger charge is -2.24. The summed E-state index contributed by atoms with van der Waals surface area (Å²) in [7, 11) is 3.83. The van der Waals surface area contributed by atoms with E-state index in [1.54, 1.807) is 29.2 Å². The average molecular weight is 540 g/mol. The van der Waals surface area contributed by atoms with Crippen molar-refractivity contribution >= 4 is 29.0 Å². The lowest BCUT2D eigenvalue weighted by atomic mass is 10.1. The zero-order chi connectivity index (χ0) is 28.4. The Balaban J connectivity index is 0.000000395. The van der Waals surface area contributed by atoms with Crippen LogP contribution in [0.1, 0.15) is 52.5 Å². The minimum atomic E-state index is -1.00. The SMILES string of the molecule is CCOc1nc2ccc(C(=O)O)cc2n1Cc1ccc(C(=O)OCCN(C)C)cc1.NC(=O)N1CCCCC1.